The minimum Gasteiger partial charge on any atom is -0.487 e. The molecule has 35 heavy (non-hydrogen) atoms. The number of carbonyl (C=O) groups is 1. The highest BCUT2D eigenvalue weighted by Gasteiger charge is 2.57. The molecule has 0 aromatic heterocycles. The molecule has 11 heteroatoms. The number of alkyl halides is 6. The van der Waals surface area contributed by atoms with Crippen LogP contribution in [0.2, 0.25) is 0 Å². The van der Waals surface area contributed by atoms with Crippen molar-refractivity contribution in [1.29, 1.82) is 0 Å². The van der Waals surface area contributed by atoms with Crippen molar-refractivity contribution in [3.05, 3.63) is 65.2 Å². The molecule has 190 valence electrons. The van der Waals surface area contributed by atoms with E-state index in [1.807, 2.05) is 12.1 Å². The lowest BCUT2D eigenvalue weighted by Crippen LogP contribution is -2.45. The minimum absolute atomic E-state index is 0.0640. The first-order chi connectivity index (χ1) is 16.4. The zero-order chi connectivity index (χ0) is 25.4. The molecule has 0 aliphatic carbocycles. The van der Waals surface area contributed by atoms with Gasteiger partial charge < -0.3 is 9.84 Å². The van der Waals surface area contributed by atoms with E-state index in [0.29, 0.717) is 18.6 Å². The Morgan fingerprint density at radius 1 is 0.914 bits per heavy atom. The van der Waals surface area contributed by atoms with Crippen LogP contribution >= 0.6 is 0 Å². The molecule has 4 rings (SSSR count). The number of piperazine rings is 1. The topological polar surface area (TPSA) is 53.0 Å². The molecule has 0 amide bonds. The smallest absolute Gasteiger partial charge is 0.425 e. The average Bonchev–Trinajstić information content (AvgIpc) is 3.38. The quantitative estimate of drug-likeness (QED) is 0.502. The highest BCUT2D eigenvalue weighted by Crippen LogP contribution is 2.36. The van der Waals surface area contributed by atoms with E-state index in [2.05, 4.69) is 9.80 Å². The van der Waals surface area contributed by atoms with E-state index in [1.54, 1.807) is 24.3 Å². The first-order valence-electron chi connectivity index (χ1n) is 11.0. The van der Waals surface area contributed by atoms with Gasteiger partial charge in [-0.1, -0.05) is 24.3 Å². The number of aromatic carboxylic acids is 1. The Balaban J connectivity index is 1.26. The summed E-state index contributed by atoms with van der Waals surface area (Å²) in [6, 6.07) is 13.6. The fourth-order valence-corrected chi connectivity index (χ4v) is 4.62. The van der Waals surface area contributed by atoms with Gasteiger partial charge in [-0.2, -0.15) is 22.0 Å². The van der Waals surface area contributed by atoms with Gasteiger partial charge in [0.2, 0.25) is 0 Å². The summed E-state index contributed by atoms with van der Waals surface area (Å²) in [4.78, 5) is 15.7. The second-order valence-electron chi connectivity index (χ2n) is 9.00. The Hall–Kier alpha value is -2.79. The molecule has 2 saturated heterocycles. The summed E-state index contributed by atoms with van der Waals surface area (Å²) in [6.45, 7) is 1.36. The van der Waals surface area contributed by atoms with Gasteiger partial charge in [0.25, 0.3) is 6.17 Å². The third-order valence-electron chi connectivity index (χ3n) is 6.45. The van der Waals surface area contributed by atoms with Crippen LogP contribution in [0.3, 0.4) is 0 Å². The van der Waals surface area contributed by atoms with Crippen molar-refractivity contribution < 1.29 is 41.0 Å². The van der Waals surface area contributed by atoms with Gasteiger partial charge in [0.1, 0.15) is 5.75 Å². The van der Waals surface area contributed by atoms with Gasteiger partial charge in [0, 0.05) is 38.3 Å². The fourth-order valence-electron chi connectivity index (χ4n) is 4.62. The second-order valence-corrected chi connectivity index (χ2v) is 9.00. The number of halogens is 6. The fraction of sp³-hybridized carbons (Fsp3) is 0.458. The van der Waals surface area contributed by atoms with E-state index in [9.17, 15) is 31.1 Å². The van der Waals surface area contributed by atoms with Crippen LogP contribution in [0.5, 0.6) is 5.75 Å². The molecule has 5 nitrogen and oxygen atoms in total. The zero-order valence-electron chi connectivity index (χ0n) is 18.5. The lowest BCUT2D eigenvalue weighted by atomic mass is 10.1. The first kappa shape index (κ1) is 25.3. The van der Waals surface area contributed by atoms with Crippen LogP contribution in [-0.4, -0.2) is 70.9 Å². The highest BCUT2D eigenvalue weighted by molar-refractivity contribution is 5.87. The Labute approximate surface area is 197 Å². The van der Waals surface area contributed by atoms with E-state index in [0.717, 1.165) is 37.2 Å². The van der Waals surface area contributed by atoms with Gasteiger partial charge in [-0.05, 0) is 41.8 Å². The van der Waals surface area contributed by atoms with E-state index >= 15 is 0 Å². The van der Waals surface area contributed by atoms with Crippen LogP contribution in [0, 0.1) is 0 Å². The van der Waals surface area contributed by atoms with E-state index in [-0.39, 0.29) is 11.3 Å². The van der Waals surface area contributed by atoms with Gasteiger partial charge in [-0.3, -0.25) is 9.80 Å². The zero-order valence-corrected chi connectivity index (χ0v) is 18.5. The van der Waals surface area contributed by atoms with Crippen molar-refractivity contribution in [2.75, 3.05) is 19.7 Å². The molecule has 0 saturated carbocycles. The Bertz CT molecular complexity index is 1030. The van der Waals surface area contributed by atoms with Crippen LogP contribution in [0.4, 0.5) is 26.3 Å². The minimum atomic E-state index is -5.66. The van der Waals surface area contributed by atoms with Crippen molar-refractivity contribution >= 4 is 5.97 Å². The molecule has 2 heterocycles. The summed E-state index contributed by atoms with van der Waals surface area (Å²) in [5.41, 5.74) is 2.19. The third kappa shape index (κ3) is 5.90. The summed E-state index contributed by atoms with van der Waals surface area (Å²) in [6.07, 6.45) is -8.94. The van der Waals surface area contributed by atoms with Crippen molar-refractivity contribution in [2.45, 2.75) is 49.9 Å². The normalized spacial score (nSPS) is 21.9. The molecule has 2 aromatic carbocycles. The molecule has 2 fully saturated rings. The van der Waals surface area contributed by atoms with Crippen LogP contribution in [0.15, 0.2) is 48.5 Å². The Morgan fingerprint density at radius 3 is 1.83 bits per heavy atom. The number of benzene rings is 2. The number of fused-ring (bicyclic) bond motifs is 2. The summed E-state index contributed by atoms with van der Waals surface area (Å²) < 4.78 is 81.1. The lowest BCUT2D eigenvalue weighted by Gasteiger charge is -2.34. The largest absolute Gasteiger partial charge is 0.487 e. The molecular weight excluding hydrogens is 478 g/mol. The molecular formula is C24H24F6N2O3. The van der Waals surface area contributed by atoms with Crippen molar-refractivity contribution in [2.24, 2.45) is 0 Å². The Kier molecular flexibility index (Phi) is 7.01. The highest BCUT2D eigenvalue weighted by atomic mass is 19.4. The van der Waals surface area contributed by atoms with Crippen LogP contribution in [-0.2, 0) is 13.1 Å². The Morgan fingerprint density at radius 2 is 1.40 bits per heavy atom. The summed E-state index contributed by atoms with van der Waals surface area (Å²) in [5, 5.41) is 9.01. The van der Waals surface area contributed by atoms with E-state index in [4.69, 9.17) is 9.84 Å². The number of hydrogen-bond acceptors (Lipinski definition) is 4. The third-order valence-corrected chi connectivity index (χ3v) is 6.45. The number of carboxylic acids is 1. The second kappa shape index (κ2) is 9.69. The number of likely N-dealkylation sites (tertiary alicyclic amines) is 2. The lowest BCUT2D eigenvalue weighted by molar-refractivity contribution is -0.250. The van der Waals surface area contributed by atoms with E-state index < -0.39 is 30.8 Å². The number of nitrogens with zero attached hydrogens (tertiary/aromatic N) is 2. The summed E-state index contributed by atoms with van der Waals surface area (Å²) in [5.74, 6) is -5.71. The van der Waals surface area contributed by atoms with Crippen LogP contribution in [0.25, 0.3) is 0 Å². The number of ether oxygens (including phenoxy) is 1. The number of hydrogen-bond donors (Lipinski definition) is 1. The number of rotatable bonds is 9. The maximum absolute atomic E-state index is 13.4. The molecule has 2 aliphatic rings. The van der Waals surface area contributed by atoms with Gasteiger partial charge in [-0.15, -0.1) is 0 Å². The van der Waals surface area contributed by atoms with Crippen LogP contribution < -0.4 is 4.74 Å². The maximum Gasteiger partial charge on any atom is 0.425 e. The SMILES string of the molecule is O=C(O)c1ccc(CN2C[C@@H]3C[C@H]2CN3Cc2ccc(OCC(F)(F)C(F)C(F)(F)F)cc2)cc1. The van der Waals surface area contributed by atoms with Gasteiger partial charge in [0.15, 0.2) is 6.61 Å². The average molecular weight is 502 g/mol. The maximum atomic E-state index is 13.4. The molecule has 0 spiro atoms. The summed E-state index contributed by atoms with van der Waals surface area (Å²) in [7, 11) is 0. The molecule has 2 bridgehead atoms. The molecule has 2 aromatic rings. The van der Waals surface area contributed by atoms with Gasteiger partial charge >= 0.3 is 18.1 Å². The summed E-state index contributed by atoms with van der Waals surface area (Å²) >= 11 is 0. The molecule has 0 radical (unpaired) electrons. The molecule has 1 N–H and O–H groups in total. The van der Waals surface area contributed by atoms with E-state index in [1.165, 1.54) is 12.1 Å². The predicted molar refractivity (Wildman–Crippen MR) is 114 cm³/mol. The molecule has 3 atom stereocenters. The molecule has 2 aliphatic heterocycles. The van der Waals surface area contributed by atoms with Crippen molar-refractivity contribution in [3.8, 4) is 5.75 Å². The standard InChI is InChI=1S/C24H24F6N2O3/c25-22(24(28,29)30)23(26,27)14-35-20-7-3-16(4-8-20)11-32-13-18-9-19(32)12-31(18)10-15-1-5-17(6-2-15)21(33)34/h1-8,18-19,22H,9-14H2,(H,33,34)/t18-,19-,22?/m0/s1. The first-order valence-corrected chi connectivity index (χ1v) is 11.0. The molecule has 1 unspecified atom stereocenters. The van der Waals surface area contributed by atoms with Crippen molar-refractivity contribution in [1.82, 2.24) is 9.80 Å². The van der Waals surface area contributed by atoms with Gasteiger partial charge in [-0.25, -0.2) is 9.18 Å². The van der Waals surface area contributed by atoms with Crippen LogP contribution in [0.1, 0.15) is 27.9 Å². The number of carboxylic acid groups (broad SMARTS) is 1. The van der Waals surface area contributed by atoms with Gasteiger partial charge in [0.05, 0.1) is 5.56 Å². The monoisotopic (exact) mass is 502 g/mol. The van der Waals surface area contributed by atoms with Crippen molar-refractivity contribution in [3.63, 3.8) is 0 Å². The predicted octanol–water partition coefficient (Wildman–Crippen LogP) is 4.76.